The van der Waals surface area contributed by atoms with Gasteiger partial charge in [0.15, 0.2) is 0 Å². The van der Waals surface area contributed by atoms with Gasteiger partial charge in [0.05, 0.1) is 6.42 Å². The molecule has 0 unspecified atom stereocenters. The number of thiophene rings is 1. The molecular formula is C20H24N2O6S2. The zero-order chi connectivity index (χ0) is 22.1. The number of hydrogen-bond acceptors (Lipinski definition) is 8. The largest absolute Gasteiger partial charge is 0.461 e. The Kier molecular flexibility index (Phi) is 6.56. The van der Waals surface area contributed by atoms with Gasteiger partial charge in [-0.1, -0.05) is 6.07 Å². The summed E-state index contributed by atoms with van der Waals surface area (Å²) in [4.78, 5) is 51.5. The number of nitrogens with zero attached hydrogens (tertiary/aromatic N) is 1. The van der Waals surface area contributed by atoms with Crippen molar-refractivity contribution in [3.05, 3.63) is 33.7 Å². The predicted octanol–water partition coefficient (Wildman–Crippen LogP) is 1.85. The average molecular weight is 453 g/mol. The molecule has 2 amide bonds. The van der Waals surface area contributed by atoms with Crippen molar-refractivity contribution < 1.29 is 28.7 Å². The van der Waals surface area contributed by atoms with Gasteiger partial charge in [0, 0.05) is 23.1 Å². The van der Waals surface area contributed by atoms with Crippen molar-refractivity contribution in [3.63, 3.8) is 0 Å². The van der Waals surface area contributed by atoms with Gasteiger partial charge < -0.3 is 14.8 Å². The quantitative estimate of drug-likeness (QED) is 0.519. The molecule has 1 N–H and O–H groups in total. The van der Waals surface area contributed by atoms with E-state index in [1.54, 1.807) is 20.8 Å². The van der Waals surface area contributed by atoms with E-state index in [2.05, 4.69) is 5.32 Å². The first-order valence-electron chi connectivity index (χ1n) is 9.42. The molecule has 8 nitrogen and oxygen atoms in total. The van der Waals surface area contributed by atoms with Crippen LogP contribution in [-0.4, -0.2) is 58.0 Å². The summed E-state index contributed by atoms with van der Waals surface area (Å²) in [6.45, 7) is 6.39. The Morgan fingerprint density at radius 3 is 2.63 bits per heavy atom. The second kappa shape index (κ2) is 8.81. The summed E-state index contributed by atoms with van der Waals surface area (Å²) < 4.78 is 10.5. The van der Waals surface area contributed by atoms with Crippen LogP contribution in [0.4, 0.5) is 0 Å². The molecule has 10 heteroatoms. The van der Waals surface area contributed by atoms with E-state index < -0.39 is 29.0 Å². The molecule has 1 fully saturated rings. The highest BCUT2D eigenvalue weighted by atomic mass is 32.2. The molecule has 0 aliphatic carbocycles. The van der Waals surface area contributed by atoms with Crippen molar-refractivity contribution in [2.45, 2.75) is 51.1 Å². The molecule has 3 rings (SSSR count). The van der Waals surface area contributed by atoms with Gasteiger partial charge in [-0.05, 0) is 32.2 Å². The SMILES string of the molecule is CC(=O)OCC1=C(C(=O)OC(C)(C)C)N2C(=O)[C@@H](NC(=O)Cc3cccs3)[C@H]2SC1. The van der Waals surface area contributed by atoms with E-state index in [1.165, 1.54) is 34.9 Å². The molecule has 2 aliphatic rings. The third kappa shape index (κ3) is 5.04. The van der Waals surface area contributed by atoms with E-state index in [0.717, 1.165) is 4.88 Å². The zero-order valence-corrected chi connectivity index (χ0v) is 18.9. The fourth-order valence-corrected chi connectivity index (χ4v) is 5.12. The smallest absolute Gasteiger partial charge is 0.355 e. The van der Waals surface area contributed by atoms with Gasteiger partial charge in [0.1, 0.15) is 29.3 Å². The Labute approximate surface area is 183 Å². The lowest BCUT2D eigenvalue weighted by Crippen LogP contribution is -2.70. The van der Waals surface area contributed by atoms with Crippen LogP contribution < -0.4 is 5.32 Å². The van der Waals surface area contributed by atoms with Gasteiger partial charge in [-0.25, -0.2) is 4.79 Å². The van der Waals surface area contributed by atoms with Crippen LogP contribution in [0.1, 0.15) is 32.6 Å². The fourth-order valence-electron chi connectivity index (χ4n) is 3.09. The number of carbonyl (C=O) groups excluding carboxylic acids is 4. The summed E-state index contributed by atoms with van der Waals surface area (Å²) in [6.07, 6.45) is 0.200. The lowest BCUT2D eigenvalue weighted by atomic mass is 10.0. The van der Waals surface area contributed by atoms with E-state index in [9.17, 15) is 19.2 Å². The van der Waals surface area contributed by atoms with Crippen molar-refractivity contribution in [2.75, 3.05) is 12.4 Å². The highest BCUT2D eigenvalue weighted by Crippen LogP contribution is 2.41. The van der Waals surface area contributed by atoms with Crippen molar-refractivity contribution >= 4 is 46.9 Å². The molecule has 0 saturated carbocycles. The molecular weight excluding hydrogens is 428 g/mol. The molecule has 2 atom stereocenters. The Balaban J connectivity index is 1.76. The number of rotatable bonds is 6. The van der Waals surface area contributed by atoms with E-state index in [4.69, 9.17) is 9.47 Å². The summed E-state index contributed by atoms with van der Waals surface area (Å²) in [5.41, 5.74) is -0.139. The van der Waals surface area contributed by atoms with Gasteiger partial charge in [-0.15, -0.1) is 23.1 Å². The number of amides is 2. The van der Waals surface area contributed by atoms with Gasteiger partial charge in [0.25, 0.3) is 5.91 Å². The van der Waals surface area contributed by atoms with E-state index in [1.807, 2.05) is 17.5 Å². The van der Waals surface area contributed by atoms with Crippen molar-refractivity contribution in [2.24, 2.45) is 0 Å². The van der Waals surface area contributed by atoms with Crippen molar-refractivity contribution in [3.8, 4) is 0 Å². The number of β-lactam (4-membered cyclic amide) rings is 1. The standard InChI is InChI=1S/C20H24N2O6S2/c1-11(23)27-9-12-10-30-18-15(21-14(24)8-13-6-5-7-29-13)17(25)22(18)16(12)19(26)28-20(2,3)4/h5-7,15,18H,8-10H2,1-4H3,(H,21,24)/t15-,18-/m1/s1. The highest BCUT2D eigenvalue weighted by Gasteiger charge is 2.54. The number of hydrogen-bond donors (Lipinski definition) is 1. The van der Waals surface area contributed by atoms with Gasteiger partial charge in [-0.3, -0.25) is 19.3 Å². The van der Waals surface area contributed by atoms with Crippen LogP contribution in [0.25, 0.3) is 0 Å². The first kappa shape index (κ1) is 22.4. The Morgan fingerprint density at radius 1 is 1.30 bits per heavy atom. The maximum Gasteiger partial charge on any atom is 0.355 e. The molecule has 3 heterocycles. The molecule has 1 aromatic heterocycles. The van der Waals surface area contributed by atoms with Crippen LogP contribution in [0.5, 0.6) is 0 Å². The number of carbonyl (C=O) groups is 4. The first-order chi connectivity index (χ1) is 14.1. The Bertz CT molecular complexity index is 888. The third-order valence-corrected chi connectivity index (χ3v) is 6.54. The monoisotopic (exact) mass is 452 g/mol. The maximum atomic E-state index is 12.8. The fraction of sp³-hybridized carbons (Fsp3) is 0.500. The lowest BCUT2D eigenvalue weighted by Gasteiger charge is -2.49. The molecule has 0 aromatic carbocycles. The Hall–Kier alpha value is -2.33. The number of esters is 2. The minimum absolute atomic E-state index is 0.0944. The molecule has 0 spiro atoms. The van der Waals surface area contributed by atoms with Crippen LogP contribution in [0, 0.1) is 0 Å². The van der Waals surface area contributed by atoms with Crippen LogP contribution >= 0.6 is 23.1 Å². The summed E-state index contributed by atoms with van der Waals surface area (Å²) in [7, 11) is 0. The lowest BCUT2D eigenvalue weighted by molar-refractivity contribution is -0.159. The summed E-state index contributed by atoms with van der Waals surface area (Å²) >= 11 is 2.88. The van der Waals surface area contributed by atoms with Crippen LogP contribution in [0.3, 0.4) is 0 Å². The highest BCUT2D eigenvalue weighted by molar-refractivity contribution is 8.00. The van der Waals surface area contributed by atoms with Crippen molar-refractivity contribution in [1.29, 1.82) is 0 Å². The van der Waals surface area contributed by atoms with Crippen LogP contribution in [-0.2, 0) is 35.1 Å². The topological polar surface area (TPSA) is 102 Å². The van der Waals surface area contributed by atoms with Crippen molar-refractivity contribution in [1.82, 2.24) is 10.2 Å². The van der Waals surface area contributed by atoms with Gasteiger partial charge in [0.2, 0.25) is 5.91 Å². The predicted molar refractivity (Wildman–Crippen MR) is 113 cm³/mol. The van der Waals surface area contributed by atoms with Crippen LogP contribution in [0.2, 0.25) is 0 Å². The third-order valence-electron chi connectivity index (χ3n) is 4.32. The van der Waals surface area contributed by atoms with Gasteiger partial charge >= 0.3 is 11.9 Å². The molecule has 1 saturated heterocycles. The van der Waals surface area contributed by atoms with Gasteiger partial charge in [-0.2, -0.15) is 0 Å². The average Bonchev–Trinajstić information content (AvgIpc) is 3.14. The second-order valence-electron chi connectivity index (χ2n) is 7.95. The number of thioether (sulfide) groups is 1. The maximum absolute atomic E-state index is 12.8. The molecule has 30 heavy (non-hydrogen) atoms. The van der Waals surface area contributed by atoms with Crippen LogP contribution in [0.15, 0.2) is 28.8 Å². The minimum Gasteiger partial charge on any atom is -0.461 e. The molecule has 162 valence electrons. The summed E-state index contributed by atoms with van der Waals surface area (Å²) in [5.74, 6) is -1.37. The van der Waals surface area contributed by atoms with E-state index in [0.29, 0.717) is 11.3 Å². The minimum atomic E-state index is -0.751. The normalized spacial score (nSPS) is 20.9. The van der Waals surface area contributed by atoms with E-state index in [-0.39, 0.29) is 30.5 Å². The summed E-state index contributed by atoms with van der Waals surface area (Å²) in [5, 5.41) is 4.25. The Morgan fingerprint density at radius 2 is 2.03 bits per heavy atom. The molecule has 2 aliphatic heterocycles. The number of ether oxygens (including phenoxy) is 2. The first-order valence-corrected chi connectivity index (χ1v) is 11.3. The molecule has 1 aromatic rings. The molecule has 0 bridgehead atoms. The molecule has 0 radical (unpaired) electrons. The van der Waals surface area contributed by atoms with E-state index >= 15 is 0 Å². The number of nitrogens with one attached hydrogen (secondary N) is 1. The summed E-state index contributed by atoms with van der Waals surface area (Å²) in [6, 6.07) is 3.01. The number of fused-ring (bicyclic) bond motifs is 1. The zero-order valence-electron chi connectivity index (χ0n) is 17.2. The second-order valence-corrected chi connectivity index (χ2v) is 10.1.